The lowest BCUT2D eigenvalue weighted by Gasteiger charge is -2.42. The summed E-state index contributed by atoms with van der Waals surface area (Å²) in [7, 11) is 0. The largest absolute Gasteiger partial charge is 0.479 e. The molecule has 1 heterocycles. The SMILES string of the molecule is CC(C)[C@H](OC(=O)c1ccccc1)[C@]1(C(=O)O)[C@@H](O)[C@@H](C)C(=O)N1C(=O)OC(C)(C)C. The number of imide groups is 1. The first-order valence-corrected chi connectivity index (χ1v) is 9.99. The summed E-state index contributed by atoms with van der Waals surface area (Å²) in [6.07, 6.45) is -4.61. The normalized spacial score (nSPS) is 24.8. The Morgan fingerprint density at radius 3 is 2.13 bits per heavy atom. The van der Waals surface area contributed by atoms with E-state index in [0.717, 1.165) is 0 Å². The summed E-state index contributed by atoms with van der Waals surface area (Å²) in [5.74, 6) is -5.36. The highest BCUT2D eigenvalue weighted by Crippen LogP contribution is 2.42. The second kappa shape index (κ2) is 8.66. The van der Waals surface area contributed by atoms with Crippen molar-refractivity contribution in [2.75, 3.05) is 0 Å². The highest BCUT2D eigenvalue weighted by molar-refractivity contribution is 6.04. The van der Waals surface area contributed by atoms with E-state index >= 15 is 0 Å². The number of rotatable bonds is 5. The van der Waals surface area contributed by atoms with Gasteiger partial charge in [-0.05, 0) is 38.8 Å². The number of aliphatic hydroxyl groups is 1. The molecule has 9 heteroatoms. The van der Waals surface area contributed by atoms with E-state index in [1.165, 1.54) is 19.1 Å². The molecule has 0 radical (unpaired) electrons. The maximum atomic E-state index is 12.9. The van der Waals surface area contributed by atoms with Gasteiger partial charge < -0.3 is 19.7 Å². The highest BCUT2D eigenvalue weighted by atomic mass is 16.6. The van der Waals surface area contributed by atoms with Crippen molar-refractivity contribution in [3.05, 3.63) is 35.9 Å². The van der Waals surface area contributed by atoms with Crippen molar-refractivity contribution in [1.82, 2.24) is 4.90 Å². The summed E-state index contributed by atoms with van der Waals surface area (Å²) in [4.78, 5) is 51.6. The van der Waals surface area contributed by atoms with E-state index in [-0.39, 0.29) is 5.56 Å². The van der Waals surface area contributed by atoms with Gasteiger partial charge in [-0.3, -0.25) is 4.79 Å². The van der Waals surface area contributed by atoms with Crippen LogP contribution in [-0.2, 0) is 19.1 Å². The molecule has 0 unspecified atom stereocenters. The Balaban J connectivity index is 2.62. The van der Waals surface area contributed by atoms with E-state index in [0.29, 0.717) is 4.90 Å². The maximum Gasteiger partial charge on any atom is 0.418 e. The zero-order valence-corrected chi connectivity index (χ0v) is 18.5. The predicted octanol–water partition coefficient (Wildman–Crippen LogP) is 2.47. The smallest absolute Gasteiger partial charge is 0.418 e. The second-order valence-corrected chi connectivity index (χ2v) is 8.95. The van der Waals surface area contributed by atoms with Gasteiger partial charge in [-0.1, -0.05) is 39.0 Å². The Hall–Kier alpha value is -2.94. The van der Waals surface area contributed by atoms with Gasteiger partial charge >= 0.3 is 18.0 Å². The zero-order chi connectivity index (χ0) is 23.7. The Labute approximate surface area is 180 Å². The van der Waals surface area contributed by atoms with Gasteiger partial charge in [0.05, 0.1) is 11.5 Å². The van der Waals surface area contributed by atoms with Crippen molar-refractivity contribution in [2.45, 2.75) is 64.9 Å². The van der Waals surface area contributed by atoms with Crippen LogP contribution in [0.5, 0.6) is 0 Å². The number of aliphatic carboxylic acids is 1. The van der Waals surface area contributed by atoms with Crippen LogP contribution in [0.3, 0.4) is 0 Å². The Morgan fingerprint density at radius 2 is 1.68 bits per heavy atom. The van der Waals surface area contributed by atoms with E-state index in [4.69, 9.17) is 9.47 Å². The summed E-state index contributed by atoms with van der Waals surface area (Å²) in [5.41, 5.74) is -3.44. The van der Waals surface area contributed by atoms with Gasteiger partial charge in [-0.2, -0.15) is 0 Å². The number of nitrogens with zero attached hydrogens (tertiary/aromatic N) is 1. The molecule has 4 atom stereocenters. The van der Waals surface area contributed by atoms with Crippen LogP contribution < -0.4 is 0 Å². The minimum Gasteiger partial charge on any atom is -0.479 e. The van der Waals surface area contributed by atoms with E-state index in [2.05, 4.69) is 0 Å². The van der Waals surface area contributed by atoms with Gasteiger partial charge in [-0.25, -0.2) is 19.3 Å². The number of hydrogen-bond acceptors (Lipinski definition) is 7. The fourth-order valence-electron chi connectivity index (χ4n) is 3.71. The molecule has 0 aliphatic carbocycles. The lowest BCUT2D eigenvalue weighted by Crippen LogP contribution is -2.68. The van der Waals surface area contributed by atoms with E-state index < -0.39 is 59.1 Å². The maximum absolute atomic E-state index is 12.9. The van der Waals surface area contributed by atoms with Crippen LogP contribution in [0.25, 0.3) is 0 Å². The minimum absolute atomic E-state index is 0.157. The summed E-state index contributed by atoms with van der Waals surface area (Å²) in [6, 6.07) is 7.88. The number of benzene rings is 1. The van der Waals surface area contributed by atoms with Gasteiger partial charge in [-0.15, -0.1) is 0 Å². The molecular weight excluding hydrogens is 406 g/mol. The molecule has 1 fully saturated rings. The van der Waals surface area contributed by atoms with Crippen LogP contribution in [0.1, 0.15) is 51.9 Å². The third-order valence-electron chi connectivity index (χ3n) is 5.11. The lowest BCUT2D eigenvalue weighted by atomic mass is 9.79. The van der Waals surface area contributed by atoms with Gasteiger partial charge in [0.25, 0.3) is 0 Å². The molecule has 1 aromatic rings. The lowest BCUT2D eigenvalue weighted by molar-refractivity contribution is -0.172. The fraction of sp³-hybridized carbons (Fsp3) is 0.545. The number of likely N-dealkylation sites (tertiary alicyclic amines) is 1. The molecule has 170 valence electrons. The van der Waals surface area contributed by atoms with Gasteiger partial charge in [0.1, 0.15) is 17.8 Å². The second-order valence-electron chi connectivity index (χ2n) is 8.95. The number of esters is 1. The minimum atomic E-state index is -2.56. The van der Waals surface area contributed by atoms with Crippen LogP contribution in [-0.4, -0.2) is 62.4 Å². The standard InChI is InChI=1S/C22H29NO8/c1-12(2)16(30-18(26)14-10-8-7-9-11-14)22(19(27)28)15(24)13(3)17(25)23(22)20(29)31-21(4,5)6/h7-13,15-16,24H,1-6H3,(H,27,28)/t13-,15+,16+,22+/m1/s1. The highest BCUT2D eigenvalue weighted by Gasteiger charge is 2.70. The summed E-state index contributed by atoms with van der Waals surface area (Å²) >= 11 is 0. The number of hydrogen-bond donors (Lipinski definition) is 2. The molecular formula is C22H29NO8. The third-order valence-corrected chi connectivity index (χ3v) is 5.11. The molecule has 1 saturated heterocycles. The number of carboxylic acids is 1. The first-order valence-electron chi connectivity index (χ1n) is 9.99. The van der Waals surface area contributed by atoms with Crippen molar-refractivity contribution in [2.24, 2.45) is 11.8 Å². The van der Waals surface area contributed by atoms with Gasteiger partial charge in [0, 0.05) is 0 Å². The van der Waals surface area contributed by atoms with Crippen molar-refractivity contribution < 1.29 is 38.9 Å². The van der Waals surface area contributed by atoms with Crippen molar-refractivity contribution in [3.8, 4) is 0 Å². The van der Waals surface area contributed by atoms with Gasteiger partial charge in [0.15, 0.2) is 0 Å². The first kappa shape index (κ1) is 24.3. The molecule has 1 aromatic carbocycles. The van der Waals surface area contributed by atoms with E-state index in [9.17, 15) is 29.4 Å². The molecule has 1 aliphatic heterocycles. The van der Waals surface area contributed by atoms with Crippen LogP contribution >= 0.6 is 0 Å². The summed E-state index contributed by atoms with van der Waals surface area (Å²) < 4.78 is 10.8. The number of amides is 2. The topological polar surface area (TPSA) is 130 Å². The Bertz CT molecular complexity index is 860. The van der Waals surface area contributed by atoms with Crippen molar-refractivity contribution in [3.63, 3.8) is 0 Å². The molecule has 0 spiro atoms. The average Bonchev–Trinajstić information content (AvgIpc) is 2.86. The monoisotopic (exact) mass is 435 g/mol. The number of carbonyl (C=O) groups is 4. The quantitative estimate of drug-likeness (QED) is 0.675. The van der Waals surface area contributed by atoms with E-state index in [1.807, 2.05) is 0 Å². The molecule has 1 aliphatic rings. The molecule has 2 amide bonds. The predicted molar refractivity (Wildman–Crippen MR) is 109 cm³/mol. The molecule has 0 saturated carbocycles. The third kappa shape index (κ3) is 4.41. The van der Waals surface area contributed by atoms with Gasteiger partial charge in [0.2, 0.25) is 11.4 Å². The Morgan fingerprint density at radius 1 is 1.13 bits per heavy atom. The number of aliphatic hydroxyl groups excluding tert-OH is 1. The summed E-state index contributed by atoms with van der Waals surface area (Å²) in [6.45, 7) is 9.13. The van der Waals surface area contributed by atoms with Crippen LogP contribution in [0.2, 0.25) is 0 Å². The fourth-order valence-corrected chi connectivity index (χ4v) is 3.71. The number of carboxylic acid groups (broad SMARTS) is 1. The van der Waals surface area contributed by atoms with Crippen LogP contribution in [0, 0.1) is 11.8 Å². The first-order chi connectivity index (χ1) is 14.2. The average molecular weight is 435 g/mol. The Kier molecular flexibility index (Phi) is 6.80. The summed E-state index contributed by atoms with van der Waals surface area (Å²) in [5, 5.41) is 21.2. The van der Waals surface area contributed by atoms with Crippen LogP contribution in [0.15, 0.2) is 30.3 Å². The van der Waals surface area contributed by atoms with Crippen molar-refractivity contribution in [1.29, 1.82) is 0 Å². The van der Waals surface area contributed by atoms with E-state index in [1.54, 1.807) is 52.8 Å². The molecule has 2 N–H and O–H groups in total. The molecule has 9 nitrogen and oxygen atoms in total. The molecule has 2 rings (SSSR count). The van der Waals surface area contributed by atoms with Crippen LogP contribution in [0.4, 0.5) is 4.79 Å². The molecule has 31 heavy (non-hydrogen) atoms. The van der Waals surface area contributed by atoms with Crippen molar-refractivity contribution >= 4 is 23.9 Å². The zero-order valence-electron chi connectivity index (χ0n) is 18.5. The number of carbonyl (C=O) groups excluding carboxylic acids is 3. The molecule has 0 bridgehead atoms. The molecule has 0 aromatic heterocycles. The number of ether oxygens (including phenoxy) is 2.